The number of phosphoric acid groups is 2. The highest BCUT2D eigenvalue weighted by Gasteiger charge is 2.30. The van der Waals surface area contributed by atoms with Crippen molar-refractivity contribution in [1.82, 2.24) is 0 Å². The van der Waals surface area contributed by atoms with Crippen LogP contribution in [0.4, 0.5) is 0 Å². The Morgan fingerprint density at radius 1 is 0.289 bits per heavy atom. The summed E-state index contributed by atoms with van der Waals surface area (Å²) in [6.07, 6.45) is 44.2. The largest absolute Gasteiger partial charge is 0.472 e. The molecule has 0 aliphatic heterocycles. The van der Waals surface area contributed by atoms with Crippen LogP contribution in [0, 0.1) is 0 Å². The van der Waals surface area contributed by atoms with Gasteiger partial charge >= 0.3 is 39.5 Å². The van der Waals surface area contributed by atoms with Gasteiger partial charge in [-0.05, 0) is 25.7 Å². The van der Waals surface area contributed by atoms with Gasteiger partial charge in [0.15, 0.2) is 12.2 Å². The lowest BCUT2D eigenvalue weighted by Crippen LogP contribution is -2.30. The third-order valence-electron chi connectivity index (χ3n) is 14.9. The Balaban J connectivity index is 5.23. The van der Waals surface area contributed by atoms with E-state index in [1.54, 1.807) is 0 Å². The van der Waals surface area contributed by atoms with Crippen LogP contribution in [0.25, 0.3) is 0 Å². The molecule has 5 atom stereocenters. The molecule has 3 N–H and O–H groups in total. The first-order valence-electron chi connectivity index (χ1n) is 33.8. The van der Waals surface area contributed by atoms with Crippen LogP contribution in [-0.2, 0) is 65.4 Å². The summed E-state index contributed by atoms with van der Waals surface area (Å²) in [5.74, 6) is -2.13. The van der Waals surface area contributed by atoms with Gasteiger partial charge < -0.3 is 33.8 Å². The van der Waals surface area contributed by atoms with E-state index >= 15 is 0 Å². The minimum Gasteiger partial charge on any atom is -0.462 e. The Bertz CT molecular complexity index is 1600. The van der Waals surface area contributed by atoms with Crippen LogP contribution in [0.3, 0.4) is 0 Å². The van der Waals surface area contributed by atoms with Gasteiger partial charge in [-0.15, -0.1) is 0 Å². The molecule has 0 amide bonds. The molecule has 492 valence electrons. The van der Waals surface area contributed by atoms with E-state index in [0.29, 0.717) is 25.7 Å². The molecule has 0 aliphatic rings. The van der Waals surface area contributed by atoms with Gasteiger partial charge in [-0.1, -0.05) is 278 Å². The maximum atomic E-state index is 13.0. The summed E-state index contributed by atoms with van der Waals surface area (Å²) < 4.78 is 68.0. The lowest BCUT2D eigenvalue weighted by Gasteiger charge is -2.21. The molecule has 17 nitrogen and oxygen atoms in total. The van der Waals surface area contributed by atoms with Crippen molar-refractivity contribution in [2.45, 2.75) is 348 Å². The molecule has 0 bridgehead atoms. The Morgan fingerprint density at radius 3 is 0.711 bits per heavy atom. The van der Waals surface area contributed by atoms with E-state index in [4.69, 9.17) is 37.0 Å². The molecular weight excluding hydrogens is 1100 g/mol. The van der Waals surface area contributed by atoms with E-state index in [-0.39, 0.29) is 25.7 Å². The van der Waals surface area contributed by atoms with Crippen molar-refractivity contribution in [1.29, 1.82) is 0 Å². The van der Waals surface area contributed by atoms with E-state index in [9.17, 15) is 43.2 Å². The zero-order valence-electron chi connectivity index (χ0n) is 53.2. The quantitative estimate of drug-likeness (QED) is 0.0222. The summed E-state index contributed by atoms with van der Waals surface area (Å²) in [4.78, 5) is 72.2. The van der Waals surface area contributed by atoms with Crippen LogP contribution in [0.5, 0.6) is 0 Å². The minimum atomic E-state index is -4.94. The van der Waals surface area contributed by atoms with Crippen molar-refractivity contribution in [2.75, 3.05) is 39.6 Å². The first kappa shape index (κ1) is 81.1. The third kappa shape index (κ3) is 58.8. The summed E-state index contributed by atoms with van der Waals surface area (Å²) in [6.45, 7) is 4.88. The summed E-state index contributed by atoms with van der Waals surface area (Å²) in [5, 5.41) is 10.5. The van der Waals surface area contributed by atoms with Crippen LogP contribution in [0.15, 0.2) is 0 Å². The third-order valence-corrected chi connectivity index (χ3v) is 16.8. The molecular formula is C64H124O17P2. The SMILES string of the molecule is CCCCCCCCCCCCCC(=O)OC[C@H](COP(=O)(O)OC[C@@H](O)COP(=O)(O)OC[C@@H](COC(=O)CCCCCCCCCCCC)OC(=O)CCCCCCCCCCCCC)OC(=O)CCCCCCCCCCCCC. The van der Waals surface area contributed by atoms with Gasteiger partial charge in [0.05, 0.1) is 26.4 Å². The van der Waals surface area contributed by atoms with E-state index in [1.807, 2.05) is 0 Å². The number of hydrogen-bond acceptors (Lipinski definition) is 15. The number of aliphatic hydroxyl groups is 1. The molecule has 0 aliphatic carbocycles. The molecule has 0 fully saturated rings. The van der Waals surface area contributed by atoms with E-state index < -0.39 is 97.5 Å². The van der Waals surface area contributed by atoms with Crippen molar-refractivity contribution in [2.24, 2.45) is 0 Å². The normalized spacial score (nSPS) is 14.2. The second-order valence-corrected chi connectivity index (χ2v) is 26.1. The number of unbranched alkanes of at least 4 members (excludes halogenated alkanes) is 39. The van der Waals surface area contributed by atoms with E-state index in [1.165, 1.54) is 161 Å². The number of esters is 4. The second-order valence-electron chi connectivity index (χ2n) is 23.2. The molecule has 0 spiro atoms. The molecule has 0 aromatic heterocycles. The predicted molar refractivity (Wildman–Crippen MR) is 331 cm³/mol. The fourth-order valence-electron chi connectivity index (χ4n) is 9.63. The predicted octanol–water partition coefficient (Wildman–Crippen LogP) is 17.9. The van der Waals surface area contributed by atoms with Crippen LogP contribution >= 0.6 is 15.6 Å². The van der Waals surface area contributed by atoms with Crippen LogP contribution in [0.1, 0.15) is 329 Å². The lowest BCUT2D eigenvalue weighted by molar-refractivity contribution is -0.161. The maximum absolute atomic E-state index is 13.0. The molecule has 0 rings (SSSR count). The summed E-state index contributed by atoms with van der Waals surface area (Å²) >= 11 is 0. The highest BCUT2D eigenvalue weighted by Crippen LogP contribution is 2.45. The number of phosphoric ester groups is 2. The number of hydrogen-bond donors (Lipinski definition) is 3. The van der Waals surface area contributed by atoms with Crippen molar-refractivity contribution < 1.29 is 80.2 Å². The molecule has 0 aromatic rings. The van der Waals surface area contributed by atoms with Crippen molar-refractivity contribution >= 4 is 39.5 Å². The van der Waals surface area contributed by atoms with Gasteiger partial charge in [-0.3, -0.25) is 37.3 Å². The monoisotopic (exact) mass is 1230 g/mol. The Hall–Kier alpha value is -1.94. The standard InChI is InChI=1S/C64H124O17P2/c1-5-9-13-17-21-25-29-33-37-41-45-49-62(67)75-55-60(81-64(69)51-47-43-39-35-31-27-23-19-15-11-7-3)57-79-83(72,73)77-53-58(65)52-76-82(70,71)78-56-59(54-74-61(66)48-44-40-36-32-28-24-20-16-12-8-4)80-63(68)50-46-42-38-34-30-26-22-18-14-10-6-2/h58-60,65H,5-57H2,1-4H3,(H,70,71)(H,72,73)/t58-,59+,60+/m0/s1. The highest BCUT2D eigenvalue weighted by atomic mass is 31.2. The van der Waals surface area contributed by atoms with Gasteiger partial charge in [0.2, 0.25) is 0 Å². The lowest BCUT2D eigenvalue weighted by atomic mass is 10.1. The molecule has 2 unspecified atom stereocenters. The molecule has 0 saturated heterocycles. The summed E-state index contributed by atoms with van der Waals surface area (Å²) in [6, 6.07) is 0. The number of aliphatic hydroxyl groups excluding tert-OH is 1. The molecule has 0 heterocycles. The number of ether oxygens (including phenoxy) is 4. The Kier molecular flexibility index (Phi) is 57.7. The topological polar surface area (TPSA) is 237 Å². The number of carbonyl (C=O) groups is 4. The number of rotatable bonds is 65. The summed E-state index contributed by atoms with van der Waals surface area (Å²) in [7, 11) is -9.88. The van der Waals surface area contributed by atoms with Gasteiger partial charge in [-0.25, -0.2) is 9.13 Å². The smallest absolute Gasteiger partial charge is 0.462 e. The first-order chi connectivity index (χ1) is 40.2. The first-order valence-corrected chi connectivity index (χ1v) is 36.8. The molecule has 0 saturated carbocycles. The molecule has 19 heteroatoms. The average Bonchev–Trinajstić information content (AvgIpc) is 3.49. The van der Waals surface area contributed by atoms with Gasteiger partial charge in [0.25, 0.3) is 0 Å². The van der Waals surface area contributed by atoms with Gasteiger partial charge in [-0.2, -0.15) is 0 Å². The van der Waals surface area contributed by atoms with Crippen molar-refractivity contribution in [3.8, 4) is 0 Å². The van der Waals surface area contributed by atoms with Crippen molar-refractivity contribution in [3.05, 3.63) is 0 Å². The van der Waals surface area contributed by atoms with Crippen molar-refractivity contribution in [3.63, 3.8) is 0 Å². The van der Waals surface area contributed by atoms with Crippen LogP contribution < -0.4 is 0 Å². The van der Waals surface area contributed by atoms with Gasteiger partial charge in [0, 0.05) is 25.7 Å². The van der Waals surface area contributed by atoms with E-state index in [0.717, 1.165) is 89.9 Å². The molecule has 83 heavy (non-hydrogen) atoms. The minimum absolute atomic E-state index is 0.107. The summed E-state index contributed by atoms with van der Waals surface area (Å²) in [5.41, 5.74) is 0. The highest BCUT2D eigenvalue weighted by molar-refractivity contribution is 7.47. The average molecular weight is 1230 g/mol. The zero-order valence-corrected chi connectivity index (χ0v) is 54.9. The van der Waals surface area contributed by atoms with Crippen LogP contribution in [0.2, 0.25) is 0 Å². The fourth-order valence-corrected chi connectivity index (χ4v) is 11.2. The fraction of sp³-hybridized carbons (Fsp3) is 0.938. The Morgan fingerprint density at radius 2 is 0.482 bits per heavy atom. The van der Waals surface area contributed by atoms with Gasteiger partial charge in [0.1, 0.15) is 19.3 Å². The van der Waals surface area contributed by atoms with E-state index in [2.05, 4.69) is 27.7 Å². The molecule has 0 aromatic carbocycles. The second kappa shape index (κ2) is 59.0. The number of carbonyl (C=O) groups excluding carboxylic acids is 4. The Labute approximate surface area is 505 Å². The zero-order chi connectivity index (χ0) is 61.2. The molecule has 0 radical (unpaired) electrons. The van der Waals surface area contributed by atoms with Crippen LogP contribution in [-0.4, -0.2) is 96.7 Å². The maximum Gasteiger partial charge on any atom is 0.472 e.